The summed E-state index contributed by atoms with van der Waals surface area (Å²) in [5.41, 5.74) is 1.34. The zero-order valence-electron chi connectivity index (χ0n) is 11.1. The van der Waals surface area contributed by atoms with Gasteiger partial charge in [-0.1, -0.05) is 57.6 Å². The van der Waals surface area contributed by atoms with Gasteiger partial charge in [0.2, 0.25) is 0 Å². The molecule has 0 aliphatic rings. The summed E-state index contributed by atoms with van der Waals surface area (Å²) in [5.74, 6) is 0.364. The number of phenols is 1. The molecule has 1 rings (SSSR count). The van der Waals surface area contributed by atoms with Crippen LogP contribution in [0.25, 0.3) is 0 Å². The van der Waals surface area contributed by atoms with E-state index in [0.29, 0.717) is 5.75 Å². The van der Waals surface area contributed by atoms with E-state index in [-0.39, 0.29) is 27.3 Å². The van der Waals surface area contributed by atoms with Gasteiger partial charge < -0.3 is 5.11 Å². The van der Waals surface area contributed by atoms with E-state index >= 15 is 0 Å². The summed E-state index contributed by atoms with van der Waals surface area (Å²) < 4.78 is 0. The van der Waals surface area contributed by atoms with E-state index in [9.17, 15) is 0 Å². The van der Waals surface area contributed by atoms with Gasteiger partial charge in [0.25, 0.3) is 0 Å². The Morgan fingerprint density at radius 1 is 0.824 bits per heavy atom. The van der Waals surface area contributed by atoms with Crippen molar-refractivity contribution < 1.29 is 5.11 Å². The molecule has 0 saturated heterocycles. The number of hydrogen-bond acceptors (Lipinski definition) is 1. The normalized spacial score (nSPS) is 9.94. The summed E-state index contributed by atoms with van der Waals surface area (Å²) in [4.78, 5) is 0. The average molecular weight is 430 g/mol. The number of benzene rings is 1. The van der Waals surface area contributed by atoms with Gasteiger partial charge in [-0.25, -0.2) is 0 Å². The third kappa shape index (κ3) is 8.64. The molecule has 0 aromatic heterocycles. The Morgan fingerprint density at radius 2 is 1.35 bits per heavy atom. The monoisotopic (exact) mass is 430 g/mol. The molecule has 1 nitrogen and oxygen atoms in total. The predicted molar refractivity (Wildman–Crippen MR) is 78.3 cm³/mol. The van der Waals surface area contributed by atoms with E-state index in [1.165, 1.54) is 50.5 Å². The van der Waals surface area contributed by atoms with Gasteiger partial charge >= 0.3 is 27.3 Å². The maximum absolute atomic E-state index is 9.15. The first kappa shape index (κ1) is 16.9. The van der Waals surface area contributed by atoms with Crippen molar-refractivity contribution in [3.05, 3.63) is 29.8 Å². The predicted octanol–water partition coefficient (Wildman–Crippen LogP) is 3.77. The standard InChI is InChI=1S/C15H24O.Pb.2H/c1-2-3-4-5-6-7-8-9-14-10-12-15(16)13-11-14;;;/h10-13,16H,2-9H2,1H3;;;. The van der Waals surface area contributed by atoms with Crippen molar-refractivity contribution >= 4 is 27.3 Å². The number of aryl methyl sites for hydroxylation is 1. The molecule has 1 aromatic rings. The molecule has 0 aliphatic carbocycles. The minimum atomic E-state index is 0. The topological polar surface area (TPSA) is 20.2 Å². The van der Waals surface area contributed by atoms with E-state index in [1.807, 2.05) is 12.1 Å². The summed E-state index contributed by atoms with van der Waals surface area (Å²) in [7, 11) is 0. The number of aromatic hydroxyl groups is 1. The number of rotatable bonds is 8. The fourth-order valence-corrected chi connectivity index (χ4v) is 1.95. The zero-order valence-corrected chi connectivity index (χ0v) is 16.6. The zero-order chi connectivity index (χ0) is 11.6. The first-order valence-electron chi connectivity index (χ1n) is 6.61. The van der Waals surface area contributed by atoms with E-state index in [2.05, 4.69) is 6.92 Å². The van der Waals surface area contributed by atoms with Crippen molar-refractivity contribution in [3.8, 4) is 5.75 Å². The van der Waals surface area contributed by atoms with Gasteiger partial charge in [-0.15, -0.1) is 0 Å². The molecule has 0 bridgehead atoms. The van der Waals surface area contributed by atoms with Crippen LogP contribution in [-0.4, -0.2) is 32.4 Å². The van der Waals surface area contributed by atoms with Crippen molar-refractivity contribution in [2.75, 3.05) is 0 Å². The molecule has 17 heavy (non-hydrogen) atoms. The van der Waals surface area contributed by atoms with Crippen molar-refractivity contribution in [1.29, 1.82) is 0 Å². The molecular formula is C15H26OPb. The Hall–Kier alpha value is -0.0579. The fraction of sp³-hybridized carbons (Fsp3) is 0.600. The summed E-state index contributed by atoms with van der Waals surface area (Å²) >= 11 is 0. The van der Waals surface area contributed by atoms with Gasteiger partial charge in [-0.2, -0.15) is 0 Å². The number of hydrogen-bond donors (Lipinski definition) is 1. The fourth-order valence-electron chi connectivity index (χ4n) is 1.95. The van der Waals surface area contributed by atoms with Gasteiger partial charge in [-0.3, -0.25) is 0 Å². The second-order valence-electron chi connectivity index (χ2n) is 4.54. The van der Waals surface area contributed by atoms with E-state index in [4.69, 9.17) is 5.11 Å². The van der Waals surface area contributed by atoms with Gasteiger partial charge in [0.1, 0.15) is 5.75 Å². The van der Waals surface area contributed by atoms with Crippen LogP contribution < -0.4 is 0 Å². The van der Waals surface area contributed by atoms with Crippen LogP contribution in [0.2, 0.25) is 0 Å². The molecule has 0 fully saturated rings. The van der Waals surface area contributed by atoms with Crippen LogP contribution in [0.1, 0.15) is 57.4 Å². The number of unbranched alkanes of at least 4 members (excludes halogenated alkanes) is 6. The van der Waals surface area contributed by atoms with E-state index in [1.54, 1.807) is 12.1 Å². The van der Waals surface area contributed by atoms with E-state index in [0.717, 1.165) is 6.42 Å². The van der Waals surface area contributed by atoms with Crippen molar-refractivity contribution in [2.45, 2.75) is 58.3 Å². The summed E-state index contributed by atoms with van der Waals surface area (Å²) in [6.07, 6.45) is 10.6. The molecule has 1 aromatic carbocycles. The molecular weight excluding hydrogens is 403 g/mol. The quantitative estimate of drug-likeness (QED) is 0.493. The van der Waals surface area contributed by atoms with Gasteiger partial charge in [0, 0.05) is 0 Å². The maximum atomic E-state index is 9.15. The third-order valence-electron chi connectivity index (χ3n) is 3.01. The Labute approximate surface area is 126 Å². The summed E-state index contributed by atoms with van der Waals surface area (Å²) in [5, 5.41) is 9.15. The van der Waals surface area contributed by atoms with E-state index < -0.39 is 0 Å². The van der Waals surface area contributed by atoms with Crippen molar-refractivity contribution in [1.82, 2.24) is 0 Å². The average Bonchev–Trinajstić information content (AvgIpc) is 2.30. The summed E-state index contributed by atoms with van der Waals surface area (Å²) in [6, 6.07) is 7.59. The molecule has 96 valence electrons. The second-order valence-corrected chi connectivity index (χ2v) is 4.54. The first-order chi connectivity index (χ1) is 7.83. The van der Waals surface area contributed by atoms with Crippen LogP contribution in [0.3, 0.4) is 0 Å². The molecule has 2 radical (unpaired) electrons. The van der Waals surface area contributed by atoms with Crippen LogP contribution in [0.5, 0.6) is 5.75 Å². The SMILES string of the molecule is CCCCCCCCCc1ccc(O)cc1.[PbH2]. The van der Waals surface area contributed by atoms with Gasteiger partial charge in [0.05, 0.1) is 0 Å². The molecule has 0 amide bonds. The van der Waals surface area contributed by atoms with Crippen LogP contribution in [0.15, 0.2) is 24.3 Å². The molecule has 1 N–H and O–H groups in total. The second kappa shape index (κ2) is 11.1. The Kier molecular flexibility index (Phi) is 11.0. The van der Waals surface area contributed by atoms with Crippen molar-refractivity contribution in [3.63, 3.8) is 0 Å². The molecule has 0 unspecified atom stereocenters. The molecule has 2 heteroatoms. The van der Waals surface area contributed by atoms with Crippen molar-refractivity contribution in [2.24, 2.45) is 0 Å². The molecule has 0 atom stereocenters. The van der Waals surface area contributed by atoms with Gasteiger partial charge in [-0.05, 0) is 30.5 Å². The minimum absolute atomic E-state index is 0. The van der Waals surface area contributed by atoms with Crippen LogP contribution in [-0.2, 0) is 6.42 Å². The Morgan fingerprint density at radius 3 is 1.94 bits per heavy atom. The van der Waals surface area contributed by atoms with Gasteiger partial charge in [0.15, 0.2) is 0 Å². The first-order valence-corrected chi connectivity index (χ1v) is 6.61. The summed E-state index contributed by atoms with van der Waals surface area (Å²) in [6.45, 7) is 2.25. The molecule has 0 saturated carbocycles. The van der Waals surface area contributed by atoms with Crippen LogP contribution >= 0.6 is 0 Å². The number of phenolic OH excluding ortho intramolecular Hbond substituents is 1. The molecule has 0 aliphatic heterocycles. The molecule has 0 heterocycles. The molecule has 0 spiro atoms. The van der Waals surface area contributed by atoms with Crippen LogP contribution in [0, 0.1) is 0 Å². The van der Waals surface area contributed by atoms with Crippen LogP contribution in [0.4, 0.5) is 0 Å². The third-order valence-corrected chi connectivity index (χ3v) is 3.01. The Balaban J connectivity index is 0.00000256. The Bertz CT molecular complexity index is 269.